The van der Waals surface area contributed by atoms with Crippen LogP contribution in [0.15, 0.2) is 71.3 Å². The Morgan fingerprint density at radius 1 is 0.933 bits per heavy atom. The van der Waals surface area contributed by atoms with Crippen molar-refractivity contribution in [2.75, 3.05) is 18.4 Å². The van der Waals surface area contributed by atoms with Crippen LogP contribution in [0.4, 0.5) is 5.69 Å². The highest BCUT2D eigenvalue weighted by molar-refractivity contribution is 6.09. The lowest BCUT2D eigenvalue weighted by molar-refractivity contribution is -0.115. The molecule has 4 rings (SSSR count). The molecule has 30 heavy (non-hydrogen) atoms. The molecule has 1 heterocycles. The van der Waals surface area contributed by atoms with Crippen molar-refractivity contribution in [3.05, 3.63) is 78.1 Å². The van der Waals surface area contributed by atoms with E-state index in [4.69, 9.17) is 4.42 Å². The molecular weight excluding hydrogens is 376 g/mol. The molecule has 0 atom stereocenters. The summed E-state index contributed by atoms with van der Waals surface area (Å²) in [6.07, 6.45) is 1.86. The molecule has 3 aromatic carbocycles. The monoisotopic (exact) mass is 400 g/mol. The second-order valence-electron chi connectivity index (χ2n) is 7.20. The molecule has 0 unspecified atom stereocenters. The van der Waals surface area contributed by atoms with Gasteiger partial charge in [0.2, 0.25) is 5.91 Å². The lowest BCUT2D eigenvalue weighted by Gasteiger charge is -2.18. The van der Waals surface area contributed by atoms with E-state index in [1.807, 2.05) is 50.2 Å². The second-order valence-corrected chi connectivity index (χ2v) is 7.20. The van der Waals surface area contributed by atoms with Crippen molar-refractivity contribution in [2.45, 2.75) is 20.3 Å². The molecule has 0 aliphatic carbocycles. The number of carbonyl (C=O) groups excluding carboxylic acids is 2. The first-order valence-electron chi connectivity index (χ1n) is 10.2. The van der Waals surface area contributed by atoms with Crippen LogP contribution in [-0.2, 0) is 11.2 Å². The predicted octanol–water partition coefficient (Wildman–Crippen LogP) is 5.25. The fourth-order valence-corrected chi connectivity index (χ4v) is 3.77. The number of hydrogen-bond donors (Lipinski definition) is 1. The fraction of sp³-hybridized carbons (Fsp3) is 0.200. The quantitative estimate of drug-likeness (QED) is 0.481. The van der Waals surface area contributed by atoms with Crippen molar-refractivity contribution in [1.29, 1.82) is 0 Å². The van der Waals surface area contributed by atoms with Crippen molar-refractivity contribution >= 4 is 39.2 Å². The summed E-state index contributed by atoms with van der Waals surface area (Å²) < 4.78 is 5.67. The van der Waals surface area contributed by atoms with Crippen LogP contribution < -0.4 is 5.32 Å². The Labute approximate surface area is 175 Å². The summed E-state index contributed by atoms with van der Waals surface area (Å²) in [5.74, 6) is -0.136. The van der Waals surface area contributed by atoms with Gasteiger partial charge in [-0.1, -0.05) is 30.3 Å². The minimum atomic E-state index is -0.131. The summed E-state index contributed by atoms with van der Waals surface area (Å²) in [5, 5.41) is 6.07. The third kappa shape index (κ3) is 3.79. The summed E-state index contributed by atoms with van der Waals surface area (Å²) in [7, 11) is 0. The maximum atomic E-state index is 12.7. The van der Waals surface area contributed by atoms with Gasteiger partial charge in [0.25, 0.3) is 5.91 Å². The number of benzene rings is 3. The van der Waals surface area contributed by atoms with Crippen LogP contribution in [0, 0.1) is 0 Å². The molecule has 0 saturated heterocycles. The zero-order valence-corrected chi connectivity index (χ0v) is 17.1. The first-order valence-corrected chi connectivity index (χ1v) is 10.2. The van der Waals surface area contributed by atoms with Crippen molar-refractivity contribution in [3.8, 4) is 0 Å². The van der Waals surface area contributed by atoms with Gasteiger partial charge in [0.05, 0.1) is 12.7 Å². The number of fused-ring (bicyclic) bond motifs is 3. The van der Waals surface area contributed by atoms with Gasteiger partial charge in [0, 0.05) is 35.3 Å². The Morgan fingerprint density at radius 2 is 1.67 bits per heavy atom. The molecule has 0 saturated carbocycles. The summed E-state index contributed by atoms with van der Waals surface area (Å²) >= 11 is 0. The van der Waals surface area contributed by atoms with Crippen LogP contribution >= 0.6 is 0 Å². The topological polar surface area (TPSA) is 62.6 Å². The van der Waals surface area contributed by atoms with Crippen LogP contribution in [-0.4, -0.2) is 29.8 Å². The molecule has 0 radical (unpaired) electrons. The molecule has 1 N–H and O–H groups in total. The smallest absolute Gasteiger partial charge is 0.253 e. The largest absolute Gasteiger partial charge is 0.464 e. The van der Waals surface area contributed by atoms with Gasteiger partial charge in [0.1, 0.15) is 5.58 Å². The lowest BCUT2D eigenvalue weighted by atomic mass is 10.0. The van der Waals surface area contributed by atoms with Gasteiger partial charge in [-0.05, 0) is 55.0 Å². The molecule has 2 amide bonds. The molecule has 0 aliphatic heterocycles. The van der Waals surface area contributed by atoms with Crippen LogP contribution in [0.3, 0.4) is 0 Å². The van der Waals surface area contributed by atoms with Crippen LogP contribution in [0.5, 0.6) is 0 Å². The Balaban J connectivity index is 1.50. The Kier molecular flexibility index (Phi) is 5.53. The second kappa shape index (κ2) is 8.41. The van der Waals surface area contributed by atoms with Gasteiger partial charge in [-0.25, -0.2) is 0 Å². The molecular formula is C25H24N2O3. The SMILES string of the molecule is CCN(CC)C(=O)c1ccc(NC(=O)Cc2coc3ccc4ccccc4c23)cc1. The summed E-state index contributed by atoms with van der Waals surface area (Å²) in [4.78, 5) is 26.8. The van der Waals surface area contributed by atoms with Gasteiger partial charge in [-0.2, -0.15) is 0 Å². The summed E-state index contributed by atoms with van der Waals surface area (Å²) in [6.45, 7) is 5.25. The molecule has 4 aromatic rings. The zero-order valence-electron chi connectivity index (χ0n) is 17.1. The van der Waals surface area contributed by atoms with Crippen molar-refractivity contribution in [2.24, 2.45) is 0 Å². The van der Waals surface area contributed by atoms with E-state index in [1.54, 1.807) is 35.4 Å². The van der Waals surface area contributed by atoms with E-state index in [9.17, 15) is 9.59 Å². The van der Waals surface area contributed by atoms with Gasteiger partial charge >= 0.3 is 0 Å². The number of anilines is 1. The van der Waals surface area contributed by atoms with E-state index in [2.05, 4.69) is 5.32 Å². The number of furan rings is 1. The van der Waals surface area contributed by atoms with E-state index >= 15 is 0 Å². The first kappa shape index (κ1) is 19.7. The third-order valence-electron chi connectivity index (χ3n) is 5.36. The minimum absolute atomic E-state index is 0.00498. The average Bonchev–Trinajstić information content (AvgIpc) is 3.18. The van der Waals surface area contributed by atoms with E-state index in [0.717, 1.165) is 27.3 Å². The maximum absolute atomic E-state index is 12.7. The predicted molar refractivity (Wildman–Crippen MR) is 120 cm³/mol. The van der Waals surface area contributed by atoms with Gasteiger partial charge < -0.3 is 14.6 Å². The zero-order chi connectivity index (χ0) is 21.1. The van der Waals surface area contributed by atoms with Gasteiger partial charge in [-0.15, -0.1) is 0 Å². The molecule has 0 fully saturated rings. The highest BCUT2D eigenvalue weighted by Crippen LogP contribution is 2.30. The Bertz CT molecular complexity index is 1200. The number of nitrogens with one attached hydrogen (secondary N) is 1. The van der Waals surface area contributed by atoms with Gasteiger partial charge in [-0.3, -0.25) is 9.59 Å². The van der Waals surface area contributed by atoms with Crippen LogP contribution in [0.25, 0.3) is 21.7 Å². The van der Waals surface area contributed by atoms with E-state index in [1.165, 1.54) is 0 Å². The van der Waals surface area contributed by atoms with E-state index < -0.39 is 0 Å². The lowest BCUT2D eigenvalue weighted by Crippen LogP contribution is -2.30. The van der Waals surface area contributed by atoms with Crippen molar-refractivity contribution < 1.29 is 14.0 Å². The third-order valence-corrected chi connectivity index (χ3v) is 5.36. The number of carbonyl (C=O) groups is 2. The normalized spacial score (nSPS) is 11.0. The molecule has 1 aromatic heterocycles. The highest BCUT2D eigenvalue weighted by atomic mass is 16.3. The van der Waals surface area contributed by atoms with Crippen molar-refractivity contribution in [3.63, 3.8) is 0 Å². The van der Waals surface area contributed by atoms with E-state index in [0.29, 0.717) is 24.3 Å². The van der Waals surface area contributed by atoms with Gasteiger partial charge in [0.15, 0.2) is 0 Å². The standard InChI is InChI=1S/C25H24N2O3/c1-3-27(4-2)25(29)18-9-12-20(13-10-18)26-23(28)15-19-16-30-22-14-11-17-7-5-6-8-21(17)24(19)22/h5-14,16H,3-4,15H2,1-2H3,(H,26,28). The van der Waals surface area contributed by atoms with Crippen LogP contribution in [0.2, 0.25) is 0 Å². The maximum Gasteiger partial charge on any atom is 0.253 e. The first-order chi connectivity index (χ1) is 14.6. The number of hydrogen-bond acceptors (Lipinski definition) is 3. The number of rotatable bonds is 6. The molecule has 152 valence electrons. The summed E-state index contributed by atoms with van der Waals surface area (Å²) in [5.41, 5.74) is 2.90. The fourth-order valence-electron chi connectivity index (χ4n) is 3.77. The Hall–Kier alpha value is -3.60. The molecule has 5 nitrogen and oxygen atoms in total. The number of amides is 2. The Morgan fingerprint density at radius 3 is 2.40 bits per heavy atom. The molecule has 0 bridgehead atoms. The summed E-state index contributed by atoms with van der Waals surface area (Å²) in [6, 6.07) is 19.0. The molecule has 0 spiro atoms. The average molecular weight is 400 g/mol. The van der Waals surface area contributed by atoms with Crippen LogP contribution in [0.1, 0.15) is 29.8 Å². The van der Waals surface area contributed by atoms with E-state index in [-0.39, 0.29) is 18.2 Å². The molecule has 5 heteroatoms. The highest BCUT2D eigenvalue weighted by Gasteiger charge is 2.15. The minimum Gasteiger partial charge on any atom is -0.464 e. The molecule has 0 aliphatic rings. The van der Waals surface area contributed by atoms with Crippen molar-refractivity contribution in [1.82, 2.24) is 4.90 Å². The number of nitrogens with zero attached hydrogens (tertiary/aromatic N) is 1.